The van der Waals surface area contributed by atoms with E-state index in [0.717, 1.165) is 12.1 Å². The summed E-state index contributed by atoms with van der Waals surface area (Å²) in [6.07, 6.45) is 3.32. The van der Waals surface area contributed by atoms with Crippen molar-refractivity contribution in [3.63, 3.8) is 0 Å². The molecule has 1 heteroatoms. The predicted molar refractivity (Wildman–Crippen MR) is 47.7 cm³/mol. The molecule has 0 saturated heterocycles. The molecule has 1 saturated carbocycles. The second-order valence-corrected chi connectivity index (χ2v) is 3.26. The van der Waals surface area contributed by atoms with Crippen molar-refractivity contribution in [2.75, 3.05) is 0 Å². The lowest BCUT2D eigenvalue weighted by Crippen LogP contribution is -1.88. The van der Waals surface area contributed by atoms with Crippen LogP contribution in [-0.4, -0.2) is 5.71 Å². The highest BCUT2D eigenvalue weighted by Crippen LogP contribution is 2.22. The van der Waals surface area contributed by atoms with Crippen molar-refractivity contribution < 1.29 is 0 Å². The van der Waals surface area contributed by atoms with Gasteiger partial charge in [0.25, 0.3) is 0 Å². The second-order valence-electron chi connectivity index (χ2n) is 3.26. The zero-order chi connectivity index (χ0) is 8.27. The summed E-state index contributed by atoms with van der Waals surface area (Å²) in [7, 11) is 0. The molecule has 1 fully saturated rings. The van der Waals surface area contributed by atoms with E-state index >= 15 is 0 Å². The van der Waals surface area contributed by atoms with Crippen LogP contribution in [0.5, 0.6) is 0 Å². The Balaban J connectivity index is 2.25. The molecule has 60 valence electrons. The van der Waals surface area contributed by atoms with Gasteiger partial charge in [0.05, 0.1) is 5.92 Å². The quantitative estimate of drug-likeness (QED) is 0.583. The first-order chi connectivity index (χ1) is 5.24. The molecule has 0 spiro atoms. The van der Waals surface area contributed by atoms with Gasteiger partial charge in [-0.15, -0.1) is 0 Å². The minimum Gasteiger partial charge on any atom is -0.308 e. The van der Waals surface area contributed by atoms with E-state index in [4.69, 9.17) is 5.41 Å². The third kappa shape index (κ3) is 2.76. The van der Waals surface area contributed by atoms with E-state index in [-0.39, 0.29) is 0 Å². The molecule has 0 heterocycles. The summed E-state index contributed by atoms with van der Waals surface area (Å²) in [4.78, 5) is 0. The molecule has 0 amide bonds. The van der Waals surface area contributed by atoms with E-state index in [1.165, 1.54) is 12.8 Å². The average molecular weight is 149 g/mol. The predicted octanol–water partition coefficient (Wildman–Crippen LogP) is 2.47. The third-order valence-electron chi connectivity index (χ3n) is 1.91. The molecule has 11 heavy (non-hydrogen) atoms. The fraction of sp³-hybridized carbons (Fsp3) is 0.700. The van der Waals surface area contributed by atoms with Gasteiger partial charge in [0, 0.05) is 18.1 Å². The van der Waals surface area contributed by atoms with Crippen LogP contribution in [0.3, 0.4) is 0 Å². The molecule has 1 aliphatic rings. The van der Waals surface area contributed by atoms with Crippen LogP contribution in [0.2, 0.25) is 0 Å². The molecule has 1 rings (SSSR count). The van der Waals surface area contributed by atoms with Gasteiger partial charge < -0.3 is 5.41 Å². The summed E-state index contributed by atoms with van der Waals surface area (Å²) in [5, 5.41) is 7.21. The first-order valence-electron chi connectivity index (χ1n) is 4.32. The molecule has 0 aliphatic heterocycles. The van der Waals surface area contributed by atoms with Crippen LogP contribution >= 0.6 is 0 Å². The lowest BCUT2D eigenvalue weighted by atomic mass is 10.1. The molecule has 1 aliphatic carbocycles. The lowest BCUT2D eigenvalue weighted by Gasteiger charge is -1.97. The van der Waals surface area contributed by atoms with E-state index in [2.05, 4.69) is 25.7 Å². The van der Waals surface area contributed by atoms with Crippen molar-refractivity contribution in [1.29, 1.82) is 5.41 Å². The van der Waals surface area contributed by atoms with Gasteiger partial charge in [-0.3, -0.25) is 0 Å². The molecule has 0 aromatic carbocycles. The van der Waals surface area contributed by atoms with E-state index in [1.54, 1.807) is 0 Å². The highest BCUT2D eigenvalue weighted by molar-refractivity contribution is 6.01. The van der Waals surface area contributed by atoms with Gasteiger partial charge >= 0.3 is 0 Å². The minimum absolute atomic E-state index is 0.328. The second kappa shape index (κ2) is 3.57. The molecule has 2 atom stereocenters. The van der Waals surface area contributed by atoms with Crippen LogP contribution < -0.4 is 0 Å². The molecular formula is C10H15N. The Hall–Kier alpha value is -0.770. The van der Waals surface area contributed by atoms with Crippen LogP contribution in [-0.2, 0) is 0 Å². The monoisotopic (exact) mass is 149 g/mol. The van der Waals surface area contributed by atoms with Gasteiger partial charge in [0.15, 0.2) is 0 Å². The standard InChI is InChI=1S/C10H15N/c1-3-4-8(2)5-6-9-7-10(9)11/h8-9,11H,3-4,7H2,1-2H3/t8-,9+/m0/s1. The Bertz CT molecular complexity index is 207. The maximum atomic E-state index is 7.21. The van der Waals surface area contributed by atoms with Crippen LogP contribution in [0.4, 0.5) is 0 Å². The number of nitrogens with one attached hydrogen (secondary N) is 1. The van der Waals surface area contributed by atoms with E-state index in [9.17, 15) is 0 Å². The van der Waals surface area contributed by atoms with Crippen LogP contribution in [0, 0.1) is 29.1 Å². The van der Waals surface area contributed by atoms with E-state index in [0.29, 0.717) is 11.8 Å². The Kier molecular flexibility index (Phi) is 2.70. The summed E-state index contributed by atoms with van der Waals surface area (Å²) in [6.45, 7) is 4.33. The average Bonchev–Trinajstić information content (AvgIpc) is 2.63. The summed E-state index contributed by atoms with van der Waals surface area (Å²) in [5.74, 6) is 7.15. The van der Waals surface area contributed by atoms with Crippen molar-refractivity contribution in [1.82, 2.24) is 0 Å². The zero-order valence-electron chi connectivity index (χ0n) is 7.28. The summed E-state index contributed by atoms with van der Waals surface area (Å²) in [5.41, 5.74) is 0.821. The summed E-state index contributed by atoms with van der Waals surface area (Å²) >= 11 is 0. The van der Waals surface area contributed by atoms with Crippen molar-refractivity contribution in [3.8, 4) is 11.8 Å². The highest BCUT2D eigenvalue weighted by atomic mass is 14.5. The van der Waals surface area contributed by atoms with Gasteiger partial charge in [-0.25, -0.2) is 0 Å². The number of hydrogen-bond donors (Lipinski definition) is 1. The lowest BCUT2D eigenvalue weighted by molar-refractivity contribution is 0.653. The fourth-order valence-corrected chi connectivity index (χ4v) is 1.05. The molecule has 0 bridgehead atoms. The minimum atomic E-state index is 0.328. The Morgan fingerprint density at radius 1 is 1.73 bits per heavy atom. The summed E-state index contributed by atoms with van der Waals surface area (Å²) < 4.78 is 0. The Morgan fingerprint density at radius 3 is 2.82 bits per heavy atom. The Labute approximate surface area is 68.7 Å². The SMILES string of the molecule is CCC[C@H](C)C#C[C@@H]1CC1=N. The van der Waals surface area contributed by atoms with Gasteiger partial charge in [0.1, 0.15) is 0 Å². The molecule has 0 aromatic rings. The smallest absolute Gasteiger partial charge is 0.0631 e. The maximum Gasteiger partial charge on any atom is 0.0631 e. The van der Waals surface area contributed by atoms with Crippen molar-refractivity contribution in [2.45, 2.75) is 33.1 Å². The van der Waals surface area contributed by atoms with Gasteiger partial charge in [-0.2, -0.15) is 0 Å². The van der Waals surface area contributed by atoms with E-state index in [1.807, 2.05) is 0 Å². The van der Waals surface area contributed by atoms with Crippen LogP contribution in [0.15, 0.2) is 0 Å². The number of rotatable bonds is 2. The molecule has 0 unspecified atom stereocenters. The normalized spacial score (nSPS) is 23.8. The third-order valence-corrected chi connectivity index (χ3v) is 1.91. The van der Waals surface area contributed by atoms with E-state index < -0.39 is 0 Å². The highest BCUT2D eigenvalue weighted by Gasteiger charge is 2.27. The van der Waals surface area contributed by atoms with Gasteiger partial charge in [-0.1, -0.05) is 32.1 Å². The number of hydrogen-bond acceptors (Lipinski definition) is 1. The van der Waals surface area contributed by atoms with Crippen molar-refractivity contribution in [3.05, 3.63) is 0 Å². The van der Waals surface area contributed by atoms with Crippen molar-refractivity contribution in [2.24, 2.45) is 11.8 Å². The zero-order valence-corrected chi connectivity index (χ0v) is 7.28. The first-order valence-corrected chi connectivity index (χ1v) is 4.32. The van der Waals surface area contributed by atoms with Crippen LogP contribution in [0.1, 0.15) is 33.1 Å². The fourth-order valence-electron chi connectivity index (χ4n) is 1.05. The Morgan fingerprint density at radius 2 is 2.36 bits per heavy atom. The molecular weight excluding hydrogens is 134 g/mol. The maximum absolute atomic E-state index is 7.21. The van der Waals surface area contributed by atoms with Gasteiger partial charge in [0.2, 0.25) is 0 Å². The molecule has 0 aromatic heterocycles. The topological polar surface area (TPSA) is 23.9 Å². The molecule has 1 nitrogen and oxygen atoms in total. The molecule has 0 radical (unpaired) electrons. The molecule has 1 N–H and O–H groups in total. The summed E-state index contributed by atoms with van der Waals surface area (Å²) in [6, 6.07) is 0. The van der Waals surface area contributed by atoms with Crippen LogP contribution in [0.25, 0.3) is 0 Å². The van der Waals surface area contributed by atoms with Gasteiger partial charge in [-0.05, 0) is 6.42 Å². The largest absolute Gasteiger partial charge is 0.308 e. The van der Waals surface area contributed by atoms with Crippen molar-refractivity contribution >= 4 is 5.71 Å². The first kappa shape index (κ1) is 8.33.